The van der Waals surface area contributed by atoms with E-state index in [9.17, 15) is 4.79 Å². The average molecular weight is 380 g/mol. The van der Waals surface area contributed by atoms with Crippen molar-refractivity contribution in [2.24, 2.45) is 5.92 Å². The van der Waals surface area contributed by atoms with Gasteiger partial charge in [0.15, 0.2) is 0 Å². The smallest absolute Gasteiger partial charge is 0.410 e. The van der Waals surface area contributed by atoms with Crippen LogP contribution in [0.15, 0.2) is 48.5 Å². The number of hydrogen-bond donors (Lipinski definition) is 1. The molecule has 0 saturated carbocycles. The van der Waals surface area contributed by atoms with Gasteiger partial charge in [-0.2, -0.15) is 0 Å². The summed E-state index contributed by atoms with van der Waals surface area (Å²) in [5, 5.41) is 2.93. The molecule has 5 heteroatoms. The number of anilines is 1. The molecular weight excluding hydrogens is 350 g/mol. The van der Waals surface area contributed by atoms with Gasteiger partial charge in [-0.05, 0) is 74.6 Å². The van der Waals surface area contributed by atoms with Gasteiger partial charge in [-0.15, -0.1) is 0 Å². The van der Waals surface area contributed by atoms with Gasteiger partial charge in [0.1, 0.15) is 5.75 Å². The lowest BCUT2D eigenvalue weighted by atomic mass is 9.97. The molecule has 1 amide bonds. The topological polar surface area (TPSA) is 44.8 Å². The van der Waals surface area contributed by atoms with Crippen LogP contribution >= 0.6 is 0 Å². The van der Waals surface area contributed by atoms with Gasteiger partial charge >= 0.3 is 6.09 Å². The molecule has 2 aliphatic heterocycles. The van der Waals surface area contributed by atoms with Gasteiger partial charge in [0.2, 0.25) is 0 Å². The minimum absolute atomic E-state index is 0.349. The largest absolute Gasteiger partial charge is 0.412 e. The highest BCUT2D eigenvalue weighted by Crippen LogP contribution is 2.32. The van der Waals surface area contributed by atoms with Crippen molar-refractivity contribution >= 4 is 11.8 Å². The number of ether oxygens (including phenoxy) is 1. The van der Waals surface area contributed by atoms with Crippen LogP contribution in [0.2, 0.25) is 0 Å². The molecule has 2 aromatic rings. The molecule has 1 saturated heterocycles. The number of fused-ring (bicyclic) bond motifs is 1. The van der Waals surface area contributed by atoms with Crippen LogP contribution in [0.4, 0.5) is 10.5 Å². The minimum Gasteiger partial charge on any atom is -0.410 e. The normalized spacial score (nSPS) is 17.4. The third-order valence-corrected chi connectivity index (χ3v) is 5.84. The first-order chi connectivity index (χ1) is 13.7. The van der Waals surface area contributed by atoms with E-state index in [2.05, 4.69) is 52.5 Å². The summed E-state index contributed by atoms with van der Waals surface area (Å²) < 4.78 is 5.53. The molecule has 0 radical (unpaired) electrons. The van der Waals surface area contributed by atoms with Crippen LogP contribution < -0.4 is 15.0 Å². The Labute approximate surface area is 167 Å². The summed E-state index contributed by atoms with van der Waals surface area (Å²) in [7, 11) is 2.15. The minimum atomic E-state index is -0.349. The van der Waals surface area contributed by atoms with E-state index in [0.29, 0.717) is 18.2 Å². The standard InChI is InChI=1S/C23H29N3O2/c1-25-12-9-18(10-13-25)16-24-23(27)28-21-7-8-22-20(15-21)11-14-26(22)17-19-5-3-2-4-6-19/h2-8,15,18H,9-14,16-17H2,1H3,(H,24,27). The number of likely N-dealkylation sites (tertiary alicyclic amines) is 1. The van der Waals surface area contributed by atoms with Crippen LogP contribution in [0.25, 0.3) is 0 Å². The lowest BCUT2D eigenvalue weighted by molar-refractivity contribution is 0.187. The van der Waals surface area contributed by atoms with Crippen molar-refractivity contribution in [1.82, 2.24) is 10.2 Å². The number of benzene rings is 2. The second kappa shape index (κ2) is 8.65. The number of carbonyl (C=O) groups excluding carboxylic acids is 1. The molecule has 0 bridgehead atoms. The molecule has 148 valence electrons. The molecular formula is C23H29N3O2. The first kappa shape index (κ1) is 18.8. The monoisotopic (exact) mass is 379 g/mol. The molecule has 2 heterocycles. The van der Waals surface area contributed by atoms with Crippen molar-refractivity contribution in [1.29, 1.82) is 0 Å². The molecule has 0 unspecified atom stereocenters. The summed E-state index contributed by atoms with van der Waals surface area (Å²) in [4.78, 5) is 16.9. The van der Waals surface area contributed by atoms with Crippen LogP contribution in [-0.2, 0) is 13.0 Å². The van der Waals surface area contributed by atoms with Gasteiger partial charge in [0.05, 0.1) is 0 Å². The molecule has 28 heavy (non-hydrogen) atoms. The summed E-state index contributed by atoms with van der Waals surface area (Å²) in [6.07, 6.45) is 2.90. The van der Waals surface area contributed by atoms with Gasteiger partial charge in [-0.1, -0.05) is 30.3 Å². The van der Waals surface area contributed by atoms with Crippen molar-refractivity contribution in [3.8, 4) is 5.75 Å². The fraction of sp³-hybridized carbons (Fsp3) is 0.435. The second-order valence-electron chi connectivity index (χ2n) is 7.96. The van der Waals surface area contributed by atoms with Gasteiger partial charge in [0, 0.05) is 25.3 Å². The van der Waals surface area contributed by atoms with E-state index in [1.54, 1.807) is 0 Å². The fourth-order valence-corrected chi connectivity index (χ4v) is 4.11. The first-order valence-electron chi connectivity index (χ1n) is 10.2. The van der Waals surface area contributed by atoms with Gasteiger partial charge in [-0.25, -0.2) is 4.79 Å². The average Bonchev–Trinajstić information content (AvgIpc) is 3.10. The molecule has 0 aromatic heterocycles. The Morgan fingerprint density at radius 3 is 2.68 bits per heavy atom. The van der Waals surface area contributed by atoms with E-state index in [1.807, 2.05) is 18.2 Å². The number of nitrogens with one attached hydrogen (secondary N) is 1. The predicted octanol–water partition coefficient (Wildman–Crippen LogP) is 3.68. The molecule has 5 nitrogen and oxygen atoms in total. The van der Waals surface area contributed by atoms with Crippen LogP contribution in [0.3, 0.4) is 0 Å². The third-order valence-electron chi connectivity index (χ3n) is 5.84. The summed E-state index contributed by atoms with van der Waals surface area (Å²) in [5.41, 5.74) is 3.79. The molecule has 0 spiro atoms. The molecule has 1 fully saturated rings. The third kappa shape index (κ3) is 4.65. The number of carbonyl (C=O) groups is 1. The Hall–Kier alpha value is -2.53. The zero-order valence-electron chi connectivity index (χ0n) is 16.6. The Morgan fingerprint density at radius 2 is 1.89 bits per heavy atom. The Bertz CT molecular complexity index is 801. The maximum atomic E-state index is 12.2. The summed E-state index contributed by atoms with van der Waals surface area (Å²) in [5.74, 6) is 1.18. The van der Waals surface area contributed by atoms with E-state index in [4.69, 9.17) is 4.74 Å². The maximum Gasteiger partial charge on any atom is 0.412 e. The quantitative estimate of drug-likeness (QED) is 0.861. The van der Waals surface area contributed by atoms with Gasteiger partial charge in [0.25, 0.3) is 0 Å². The second-order valence-corrected chi connectivity index (χ2v) is 7.96. The van der Waals surface area contributed by atoms with E-state index in [-0.39, 0.29) is 6.09 Å². The highest BCUT2D eigenvalue weighted by Gasteiger charge is 2.21. The van der Waals surface area contributed by atoms with Crippen LogP contribution in [-0.4, -0.2) is 44.2 Å². The molecule has 2 aliphatic rings. The van der Waals surface area contributed by atoms with E-state index in [0.717, 1.165) is 45.4 Å². The SMILES string of the molecule is CN1CCC(CNC(=O)Oc2ccc3c(c2)CCN3Cc2ccccc2)CC1. The predicted molar refractivity (Wildman–Crippen MR) is 112 cm³/mol. The highest BCUT2D eigenvalue weighted by molar-refractivity contribution is 5.71. The van der Waals surface area contributed by atoms with Crippen molar-refractivity contribution in [2.45, 2.75) is 25.8 Å². The number of nitrogens with zero attached hydrogens (tertiary/aromatic N) is 2. The zero-order valence-corrected chi connectivity index (χ0v) is 16.6. The van der Waals surface area contributed by atoms with E-state index >= 15 is 0 Å². The molecule has 0 atom stereocenters. The molecule has 4 rings (SSSR count). The van der Waals surface area contributed by atoms with Gasteiger partial charge < -0.3 is 19.9 Å². The van der Waals surface area contributed by atoms with E-state index in [1.165, 1.54) is 16.8 Å². The first-order valence-corrected chi connectivity index (χ1v) is 10.2. The van der Waals surface area contributed by atoms with Crippen molar-refractivity contribution in [2.75, 3.05) is 38.1 Å². The highest BCUT2D eigenvalue weighted by atomic mass is 16.6. The van der Waals surface area contributed by atoms with Crippen LogP contribution in [0.5, 0.6) is 5.75 Å². The lowest BCUT2D eigenvalue weighted by Gasteiger charge is -2.28. The molecule has 1 N–H and O–H groups in total. The Balaban J connectivity index is 1.30. The van der Waals surface area contributed by atoms with Gasteiger partial charge in [-0.3, -0.25) is 0 Å². The van der Waals surface area contributed by atoms with Crippen LogP contribution in [0, 0.1) is 5.92 Å². The summed E-state index contributed by atoms with van der Waals surface area (Å²) in [6, 6.07) is 16.5. The number of rotatable bonds is 5. The molecule has 0 aliphatic carbocycles. The fourth-order valence-electron chi connectivity index (χ4n) is 4.11. The Kier molecular flexibility index (Phi) is 5.81. The van der Waals surface area contributed by atoms with Crippen molar-refractivity contribution in [3.63, 3.8) is 0 Å². The van der Waals surface area contributed by atoms with Crippen molar-refractivity contribution in [3.05, 3.63) is 59.7 Å². The maximum absolute atomic E-state index is 12.2. The molecule has 2 aromatic carbocycles. The van der Waals surface area contributed by atoms with Crippen molar-refractivity contribution < 1.29 is 9.53 Å². The number of amides is 1. The summed E-state index contributed by atoms with van der Waals surface area (Å²) >= 11 is 0. The zero-order chi connectivity index (χ0) is 19.3. The van der Waals surface area contributed by atoms with E-state index < -0.39 is 0 Å². The Morgan fingerprint density at radius 1 is 1.11 bits per heavy atom. The lowest BCUT2D eigenvalue weighted by Crippen LogP contribution is -2.37. The number of piperidine rings is 1. The summed E-state index contributed by atoms with van der Waals surface area (Å²) in [6.45, 7) is 4.81. The van der Waals surface area contributed by atoms with Crippen LogP contribution in [0.1, 0.15) is 24.0 Å². The number of hydrogen-bond acceptors (Lipinski definition) is 4.